The summed E-state index contributed by atoms with van der Waals surface area (Å²) in [5.74, 6) is 1.01. The zero-order valence-electron chi connectivity index (χ0n) is 11.5. The van der Waals surface area contributed by atoms with E-state index < -0.39 is 0 Å². The van der Waals surface area contributed by atoms with Crippen LogP contribution >= 0.6 is 12.4 Å². The summed E-state index contributed by atoms with van der Waals surface area (Å²) in [7, 11) is 0. The summed E-state index contributed by atoms with van der Waals surface area (Å²) in [6.07, 6.45) is 5.92. The highest BCUT2D eigenvalue weighted by Crippen LogP contribution is 2.54. The molecule has 1 unspecified atom stereocenters. The fourth-order valence-corrected chi connectivity index (χ4v) is 3.81. The summed E-state index contributed by atoms with van der Waals surface area (Å²) >= 11 is 0. The van der Waals surface area contributed by atoms with E-state index in [-0.39, 0.29) is 12.4 Å². The minimum atomic E-state index is 0. The van der Waals surface area contributed by atoms with Crippen LogP contribution in [0.25, 0.3) is 0 Å². The third-order valence-electron chi connectivity index (χ3n) is 5.24. The molecule has 0 aromatic carbocycles. The first kappa shape index (κ1) is 15.1. The average molecular weight is 289 g/mol. The molecule has 3 aliphatic rings. The Hall–Kier alpha value is -0.320. The third kappa shape index (κ3) is 3.06. The highest BCUT2D eigenvalue weighted by Gasteiger charge is 2.47. The fraction of sp³-hybridized carbons (Fsp3) is 0.929. The molecule has 0 aromatic heterocycles. The monoisotopic (exact) mass is 288 g/mol. The van der Waals surface area contributed by atoms with Gasteiger partial charge in [-0.05, 0) is 50.1 Å². The van der Waals surface area contributed by atoms with Crippen LogP contribution in [0.1, 0.15) is 32.1 Å². The highest BCUT2D eigenvalue weighted by molar-refractivity contribution is 5.85. The van der Waals surface area contributed by atoms with Crippen molar-refractivity contribution in [3.05, 3.63) is 0 Å². The zero-order chi connectivity index (χ0) is 12.4. The Bertz CT molecular complexity index is 313. The largest absolute Gasteiger partial charge is 0.378 e. The molecule has 1 aliphatic carbocycles. The molecule has 1 N–H and O–H groups in total. The van der Waals surface area contributed by atoms with Crippen LogP contribution in [0, 0.1) is 11.3 Å². The Morgan fingerprint density at radius 2 is 1.89 bits per heavy atom. The molecule has 0 radical (unpaired) electrons. The van der Waals surface area contributed by atoms with E-state index in [1.54, 1.807) is 0 Å². The summed E-state index contributed by atoms with van der Waals surface area (Å²) < 4.78 is 5.30. The minimum absolute atomic E-state index is 0. The molecule has 19 heavy (non-hydrogen) atoms. The van der Waals surface area contributed by atoms with E-state index >= 15 is 0 Å². The van der Waals surface area contributed by atoms with Gasteiger partial charge < -0.3 is 15.0 Å². The Morgan fingerprint density at radius 1 is 1.21 bits per heavy atom. The Balaban J connectivity index is 0.00000133. The van der Waals surface area contributed by atoms with Crippen LogP contribution in [0.3, 0.4) is 0 Å². The maximum atomic E-state index is 12.3. The number of halogens is 1. The minimum Gasteiger partial charge on any atom is -0.378 e. The number of carbonyl (C=O) groups excluding carboxylic acids is 1. The second-order valence-electron chi connectivity index (χ2n) is 6.05. The lowest BCUT2D eigenvalue weighted by molar-refractivity contribution is -0.140. The molecule has 2 heterocycles. The molecule has 3 fully saturated rings. The van der Waals surface area contributed by atoms with Gasteiger partial charge in [0.15, 0.2) is 0 Å². The van der Waals surface area contributed by atoms with Crippen LogP contribution in [-0.4, -0.2) is 50.2 Å². The van der Waals surface area contributed by atoms with Crippen LogP contribution in [0.2, 0.25) is 0 Å². The van der Waals surface area contributed by atoms with Gasteiger partial charge in [0.1, 0.15) is 0 Å². The van der Waals surface area contributed by atoms with E-state index in [0.717, 1.165) is 32.6 Å². The number of nitrogens with zero attached hydrogens (tertiary/aromatic N) is 1. The molecular formula is C14H25ClN2O2. The Labute approximate surface area is 121 Å². The van der Waals surface area contributed by atoms with Crippen molar-refractivity contribution < 1.29 is 9.53 Å². The van der Waals surface area contributed by atoms with Crippen molar-refractivity contribution in [2.75, 3.05) is 39.4 Å². The molecule has 0 bridgehead atoms. The third-order valence-corrected chi connectivity index (χ3v) is 5.24. The first-order valence-electron chi connectivity index (χ1n) is 7.36. The van der Waals surface area contributed by atoms with Crippen LogP contribution in [0.15, 0.2) is 0 Å². The van der Waals surface area contributed by atoms with Crippen molar-refractivity contribution >= 4 is 18.3 Å². The standard InChI is InChI=1S/C14H24N2O2.ClH/c17-13(16-7-9-18-10-8-16)11-12-1-2-14(12)3-5-15-6-4-14;/h12,15H,1-11H2;1H. The van der Waals surface area contributed by atoms with Gasteiger partial charge in [-0.3, -0.25) is 4.79 Å². The summed E-state index contributed by atoms with van der Waals surface area (Å²) in [5.41, 5.74) is 0.507. The second-order valence-corrected chi connectivity index (χ2v) is 6.05. The van der Waals surface area contributed by atoms with E-state index in [9.17, 15) is 4.79 Å². The molecule has 1 spiro atoms. The number of nitrogens with one attached hydrogen (secondary N) is 1. The van der Waals surface area contributed by atoms with E-state index in [4.69, 9.17) is 4.74 Å². The number of ether oxygens (including phenoxy) is 1. The van der Waals surface area contributed by atoms with Gasteiger partial charge in [-0.25, -0.2) is 0 Å². The summed E-state index contributed by atoms with van der Waals surface area (Å²) in [6, 6.07) is 0. The molecule has 1 amide bonds. The predicted molar refractivity (Wildman–Crippen MR) is 76.5 cm³/mol. The maximum Gasteiger partial charge on any atom is 0.223 e. The lowest BCUT2D eigenvalue weighted by Crippen LogP contribution is -2.50. The maximum absolute atomic E-state index is 12.3. The number of carbonyl (C=O) groups is 1. The van der Waals surface area contributed by atoms with E-state index in [1.165, 1.54) is 25.7 Å². The molecule has 2 aliphatic heterocycles. The Kier molecular flexibility index (Phi) is 5.09. The SMILES string of the molecule is Cl.O=C(CC1CCC12CCNCC2)N1CCOCC1. The van der Waals surface area contributed by atoms with E-state index in [1.807, 2.05) is 4.90 Å². The average Bonchev–Trinajstić information content (AvgIpc) is 2.45. The van der Waals surface area contributed by atoms with E-state index in [2.05, 4.69) is 5.32 Å². The van der Waals surface area contributed by atoms with Crippen LogP contribution < -0.4 is 5.32 Å². The summed E-state index contributed by atoms with van der Waals surface area (Å²) in [4.78, 5) is 14.3. The normalized spacial score (nSPS) is 29.5. The van der Waals surface area contributed by atoms with Crippen molar-refractivity contribution in [2.24, 2.45) is 11.3 Å². The van der Waals surface area contributed by atoms with Gasteiger partial charge in [-0.1, -0.05) is 0 Å². The number of hydrogen-bond donors (Lipinski definition) is 1. The smallest absolute Gasteiger partial charge is 0.223 e. The second kappa shape index (κ2) is 6.42. The van der Waals surface area contributed by atoms with Gasteiger partial charge >= 0.3 is 0 Å². The van der Waals surface area contributed by atoms with Crippen molar-refractivity contribution in [3.8, 4) is 0 Å². The van der Waals surface area contributed by atoms with Gasteiger partial charge in [0.05, 0.1) is 13.2 Å². The number of piperidine rings is 1. The van der Waals surface area contributed by atoms with Gasteiger partial charge in [-0.2, -0.15) is 0 Å². The molecule has 0 aromatic rings. The highest BCUT2D eigenvalue weighted by atomic mass is 35.5. The molecule has 4 nitrogen and oxygen atoms in total. The summed E-state index contributed by atoms with van der Waals surface area (Å²) in [6.45, 7) is 5.29. The lowest BCUT2D eigenvalue weighted by Gasteiger charge is -2.52. The summed E-state index contributed by atoms with van der Waals surface area (Å²) in [5, 5.41) is 3.43. The van der Waals surface area contributed by atoms with Gasteiger partial charge in [-0.15, -0.1) is 12.4 Å². The molecule has 3 rings (SSSR count). The molecular weight excluding hydrogens is 264 g/mol. The lowest BCUT2D eigenvalue weighted by atomic mass is 9.55. The van der Waals surface area contributed by atoms with Crippen LogP contribution in [-0.2, 0) is 9.53 Å². The first-order chi connectivity index (χ1) is 8.80. The van der Waals surface area contributed by atoms with E-state index in [0.29, 0.717) is 30.5 Å². The fourth-order valence-electron chi connectivity index (χ4n) is 3.81. The number of amides is 1. The molecule has 1 saturated carbocycles. The zero-order valence-corrected chi connectivity index (χ0v) is 12.3. The first-order valence-corrected chi connectivity index (χ1v) is 7.36. The topological polar surface area (TPSA) is 41.6 Å². The Morgan fingerprint density at radius 3 is 2.47 bits per heavy atom. The quantitative estimate of drug-likeness (QED) is 0.836. The van der Waals surface area contributed by atoms with Crippen molar-refractivity contribution in [3.63, 3.8) is 0 Å². The predicted octanol–water partition coefficient (Wildman–Crippen LogP) is 1.44. The number of hydrogen-bond acceptors (Lipinski definition) is 3. The van der Waals surface area contributed by atoms with Gasteiger partial charge in [0.2, 0.25) is 5.91 Å². The number of rotatable bonds is 2. The molecule has 110 valence electrons. The molecule has 1 atom stereocenters. The van der Waals surface area contributed by atoms with Crippen molar-refractivity contribution in [2.45, 2.75) is 32.1 Å². The van der Waals surface area contributed by atoms with Crippen LogP contribution in [0.5, 0.6) is 0 Å². The van der Waals surface area contributed by atoms with Gasteiger partial charge in [0, 0.05) is 19.5 Å². The van der Waals surface area contributed by atoms with Crippen LogP contribution in [0.4, 0.5) is 0 Å². The van der Waals surface area contributed by atoms with Gasteiger partial charge in [0.25, 0.3) is 0 Å². The van der Waals surface area contributed by atoms with Crippen molar-refractivity contribution in [1.82, 2.24) is 10.2 Å². The molecule has 2 saturated heterocycles. The molecule has 5 heteroatoms. The number of morpholine rings is 1. The van der Waals surface area contributed by atoms with Crippen molar-refractivity contribution in [1.29, 1.82) is 0 Å².